The van der Waals surface area contributed by atoms with Crippen LogP contribution in [0.3, 0.4) is 0 Å². The summed E-state index contributed by atoms with van der Waals surface area (Å²) < 4.78 is 10.6. The van der Waals surface area contributed by atoms with Crippen LogP contribution in [0.2, 0.25) is 0 Å². The molecular formula is C16H25NO4S. The third-order valence-corrected chi connectivity index (χ3v) is 4.29. The molecule has 0 amide bonds. The summed E-state index contributed by atoms with van der Waals surface area (Å²) >= 11 is 1.60. The minimum Gasteiger partial charge on any atom is -0.493 e. The fraction of sp³-hybridized carbons (Fsp3) is 0.562. The number of hydrogen-bond acceptors (Lipinski definition) is 5. The van der Waals surface area contributed by atoms with Gasteiger partial charge in [0.05, 0.1) is 14.2 Å². The smallest absolute Gasteiger partial charge is 0.320 e. The molecule has 0 bridgehead atoms. The summed E-state index contributed by atoms with van der Waals surface area (Å²) in [5.74, 6) is 0.522. The van der Waals surface area contributed by atoms with Gasteiger partial charge >= 0.3 is 5.97 Å². The number of benzene rings is 1. The number of unbranched alkanes of at least 4 members (excludes halogenated alkanes) is 1. The van der Waals surface area contributed by atoms with Gasteiger partial charge < -0.3 is 19.9 Å². The SMILES string of the molecule is CCCCC(NCc1cc(OC)c(OC)cc1SC)C(=O)O. The molecule has 0 aromatic heterocycles. The number of carboxylic acids is 1. The van der Waals surface area contributed by atoms with Gasteiger partial charge in [0, 0.05) is 11.4 Å². The van der Waals surface area contributed by atoms with E-state index in [1.165, 1.54) is 0 Å². The van der Waals surface area contributed by atoms with Crippen molar-refractivity contribution in [2.24, 2.45) is 0 Å². The zero-order valence-corrected chi connectivity index (χ0v) is 14.5. The van der Waals surface area contributed by atoms with Gasteiger partial charge in [-0.3, -0.25) is 4.79 Å². The van der Waals surface area contributed by atoms with Crippen LogP contribution in [-0.4, -0.2) is 37.6 Å². The van der Waals surface area contributed by atoms with Crippen LogP contribution in [0.1, 0.15) is 31.7 Å². The van der Waals surface area contributed by atoms with Crippen molar-refractivity contribution in [3.05, 3.63) is 17.7 Å². The number of thioether (sulfide) groups is 1. The van der Waals surface area contributed by atoms with E-state index in [1.807, 2.05) is 18.4 Å². The lowest BCUT2D eigenvalue weighted by atomic mass is 10.1. The molecule has 2 N–H and O–H groups in total. The molecule has 5 nitrogen and oxygen atoms in total. The Morgan fingerprint density at radius 2 is 1.95 bits per heavy atom. The molecule has 0 spiro atoms. The third kappa shape index (κ3) is 5.10. The first kappa shape index (κ1) is 18.6. The molecule has 1 aromatic carbocycles. The Kier molecular flexibility index (Phi) is 8.12. The van der Waals surface area contributed by atoms with E-state index >= 15 is 0 Å². The summed E-state index contributed by atoms with van der Waals surface area (Å²) in [4.78, 5) is 12.3. The van der Waals surface area contributed by atoms with Crippen LogP contribution < -0.4 is 14.8 Å². The maximum absolute atomic E-state index is 11.3. The predicted molar refractivity (Wildman–Crippen MR) is 89.1 cm³/mol. The number of carboxylic acid groups (broad SMARTS) is 1. The Balaban J connectivity index is 2.88. The normalized spacial score (nSPS) is 12.0. The fourth-order valence-electron chi connectivity index (χ4n) is 2.18. The highest BCUT2D eigenvalue weighted by Crippen LogP contribution is 2.34. The third-order valence-electron chi connectivity index (χ3n) is 3.47. The molecule has 1 rings (SSSR count). The zero-order valence-electron chi connectivity index (χ0n) is 13.6. The van der Waals surface area contributed by atoms with Crippen LogP contribution in [0, 0.1) is 0 Å². The van der Waals surface area contributed by atoms with Gasteiger partial charge in [-0.2, -0.15) is 0 Å². The summed E-state index contributed by atoms with van der Waals surface area (Å²) in [6, 6.07) is 3.29. The van der Waals surface area contributed by atoms with E-state index in [0.29, 0.717) is 24.5 Å². The van der Waals surface area contributed by atoms with Crippen LogP contribution in [0.15, 0.2) is 17.0 Å². The van der Waals surface area contributed by atoms with Gasteiger partial charge in [-0.15, -0.1) is 11.8 Å². The molecule has 0 saturated heterocycles. The first-order valence-electron chi connectivity index (χ1n) is 7.32. The van der Waals surface area contributed by atoms with E-state index in [-0.39, 0.29) is 0 Å². The highest BCUT2D eigenvalue weighted by molar-refractivity contribution is 7.98. The minimum absolute atomic E-state index is 0.483. The predicted octanol–water partition coefficient (Wildman–Crippen LogP) is 3.16. The Hall–Kier alpha value is -1.40. The number of rotatable bonds is 10. The number of carbonyl (C=O) groups is 1. The van der Waals surface area contributed by atoms with Crippen molar-refractivity contribution in [2.45, 2.75) is 43.7 Å². The molecule has 1 atom stereocenters. The molecule has 124 valence electrons. The van der Waals surface area contributed by atoms with Crippen molar-refractivity contribution in [3.8, 4) is 11.5 Å². The van der Waals surface area contributed by atoms with Gasteiger partial charge in [-0.1, -0.05) is 19.8 Å². The van der Waals surface area contributed by atoms with Crippen molar-refractivity contribution in [1.29, 1.82) is 0 Å². The quantitative estimate of drug-likeness (QED) is 0.644. The van der Waals surface area contributed by atoms with Crippen LogP contribution >= 0.6 is 11.8 Å². The van der Waals surface area contributed by atoms with Gasteiger partial charge in [-0.25, -0.2) is 0 Å². The summed E-state index contributed by atoms with van der Waals surface area (Å²) in [7, 11) is 3.19. The topological polar surface area (TPSA) is 67.8 Å². The van der Waals surface area contributed by atoms with Gasteiger partial charge in [0.25, 0.3) is 0 Å². The van der Waals surface area contributed by atoms with E-state index in [9.17, 15) is 9.90 Å². The molecule has 6 heteroatoms. The Labute approximate surface area is 136 Å². The van der Waals surface area contributed by atoms with E-state index in [4.69, 9.17) is 9.47 Å². The molecule has 1 unspecified atom stereocenters. The molecule has 1 aromatic rings. The Morgan fingerprint density at radius 1 is 1.32 bits per heavy atom. The van der Waals surface area contributed by atoms with Gasteiger partial charge in [0.1, 0.15) is 6.04 Å². The molecule has 0 radical (unpaired) electrons. The average molecular weight is 327 g/mol. The van der Waals surface area contributed by atoms with Crippen LogP contribution in [-0.2, 0) is 11.3 Å². The van der Waals surface area contributed by atoms with Crippen molar-refractivity contribution < 1.29 is 19.4 Å². The molecule has 0 heterocycles. The molecule has 22 heavy (non-hydrogen) atoms. The standard InChI is InChI=1S/C16H25NO4S/c1-5-6-7-12(16(18)19)17-10-11-8-13(20-2)14(21-3)9-15(11)22-4/h8-9,12,17H,5-7,10H2,1-4H3,(H,18,19). The van der Waals surface area contributed by atoms with Gasteiger partial charge in [0.15, 0.2) is 11.5 Å². The fourth-order valence-corrected chi connectivity index (χ4v) is 2.80. The lowest BCUT2D eigenvalue weighted by Gasteiger charge is -2.17. The number of hydrogen-bond donors (Lipinski definition) is 2. The van der Waals surface area contributed by atoms with E-state index in [2.05, 4.69) is 12.2 Å². The lowest BCUT2D eigenvalue weighted by Crippen LogP contribution is -2.36. The number of ether oxygens (including phenoxy) is 2. The zero-order chi connectivity index (χ0) is 16.5. The maximum atomic E-state index is 11.3. The van der Waals surface area contributed by atoms with Crippen LogP contribution in [0.4, 0.5) is 0 Å². The summed E-state index contributed by atoms with van der Waals surface area (Å²) in [6.45, 7) is 2.54. The summed E-state index contributed by atoms with van der Waals surface area (Å²) in [5.41, 5.74) is 1.01. The van der Waals surface area contributed by atoms with Crippen molar-refractivity contribution in [3.63, 3.8) is 0 Å². The molecule has 0 aliphatic rings. The Bertz CT molecular complexity index is 493. The van der Waals surface area contributed by atoms with Crippen LogP contribution in [0.25, 0.3) is 0 Å². The lowest BCUT2D eigenvalue weighted by molar-refractivity contribution is -0.139. The maximum Gasteiger partial charge on any atom is 0.320 e. The second-order valence-corrected chi connectivity index (χ2v) is 5.78. The number of methoxy groups -OCH3 is 2. The largest absolute Gasteiger partial charge is 0.493 e. The molecule has 0 fully saturated rings. The second-order valence-electron chi connectivity index (χ2n) is 4.93. The minimum atomic E-state index is -0.806. The van der Waals surface area contributed by atoms with E-state index in [1.54, 1.807) is 26.0 Å². The monoisotopic (exact) mass is 327 g/mol. The van der Waals surface area contributed by atoms with Crippen molar-refractivity contribution >= 4 is 17.7 Å². The highest BCUT2D eigenvalue weighted by Gasteiger charge is 2.17. The van der Waals surface area contributed by atoms with Gasteiger partial charge in [-0.05, 0) is 30.4 Å². The first-order chi connectivity index (χ1) is 10.6. The average Bonchev–Trinajstić information content (AvgIpc) is 2.53. The molecule has 0 saturated carbocycles. The summed E-state index contributed by atoms with van der Waals surface area (Å²) in [6.07, 6.45) is 4.49. The van der Waals surface area contributed by atoms with Crippen LogP contribution in [0.5, 0.6) is 11.5 Å². The number of nitrogens with one attached hydrogen (secondary N) is 1. The summed E-state index contributed by atoms with van der Waals surface area (Å²) in [5, 5.41) is 12.4. The first-order valence-corrected chi connectivity index (χ1v) is 8.54. The molecule has 0 aliphatic carbocycles. The highest BCUT2D eigenvalue weighted by atomic mass is 32.2. The van der Waals surface area contributed by atoms with E-state index < -0.39 is 12.0 Å². The Morgan fingerprint density at radius 3 is 2.45 bits per heavy atom. The molecular weight excluding hydrogens is 302 g/mol. The van der Waals surface area contributed by atoms with Crippen molar-refractivity contribution in [2.75, 3.05) is 20.5 Å². The number of aliphatic carboxylic acids is 1. The van der Waals surface area contributed by atoms with Gasteiger partial charge in [0.2, 0.25) is 0 Å². The van der Waals surface area contributed by atoms with Crippen molar-refractivity contribution in [1.82, 2.24) is 5.32 Å². The van der Waals surface area contributed by atoms with E-state index in [0.717, 1.165) is 23.3 Å². The second kappa shape index (κ2) is 9.58. The molecule has 0 aliphatic heterocycles.